The van der Waals surface area contributed by atoms with Crippen LogP contribution in [0, 0.1) is 5.82 Å². The fraction of sp³-hybridized carbons (Fsp3) is 0.478. The van der Waals surface area contributed by atoms with Crippen molar-refractivity contribution in [1.29, 1.82) is 0 Å². The third kappa shape index (κ3) is 6.00. The molecule has 8 nitrogen and oxygen atoms in total. The van der Waals surface area contributed by atoms with Crippen LogP contribution in [0.25, 0.3) is 11.1 Å². The molecule has 0 bridgehead atoms. The molecule has 1 aromatic heterocycles. The molecule has 4 rings (SSSR count). The molecule has 1 fully saturated rings. The zero-order valence-corrected chi connectivity index (χ0v) is 23.8. The number of carbonyl (C=O) groups excluding carboxylic acids is 1. The quantitative estimate of drug-likeness (QED) is 0.574. The first-order chi connectivity index (χ1) is 15.8. The summed E-state index contributed by atoms with van der Waals surface area (Å²) in [5, 5.41) is 2.10. The van der Waals surface area contributed by atoms with Crippen molar-refractivity contribution in [3.8, 4) is 17.0 Å². The summed E-state index contributed by atoms with van der Waals surface area (Å²) in [4.78, 5) is 19.1. The summed E-state index contributed by atoms with van der Waals surface area (Å²) in [6.07, 6.45) is 4.43. The Kier molecular flexibility index (Phi) is 9.52. The maximum absolute atomic E-state index is 14.8. The predicted octanol–water partition coefficient (Wildman–Crippen LogP) is 2.94. The standard InChI is InChI=1S/C23H29FN4O4S.K/c1-3-28-11-8-16(9-12-28)33(30,31)27-23(29)26-22-18-6-4-5-17(18)20(24)14-19(22)15-7-10-25-21(13-15)32-2;/h7,10,13-14,16H,3-6,8-9,11-12H2,1-2H3,(H2,26,27,29);. The number of nitrogens with zero attached hydrogens (tertiary/aromatic N) is 2. The Hall–Kier alpha value is -1.08. The third-order valence-corrected chi connectivity index (χ3v) is 8.32. The minimum absolute atomic E-state index is 0. The van der Waals surface area contributed by atoms with Gasteiger partial charge < -0.3 is 15.0 Å². The Morgan fingerprint density at radius 3 is 2.62 bits per heavy atom. The number of halogens is 1. The van der Waals surface area contributed by atoms with E-state index in [1.165, 1.54) is 19.4 Å². The van der Waals surface area contributed by atoms with Gasteiger partial charge in [0.05, 0.1) is 18.0 Å². The van der Waals surface area contributed by atoms with Crippen LogP contribution in [0.3, 0.4) is 0 Å². The Balaban J connectivity index is 0.00000324. The summed E-state index contributed by atoms with van der Waals surface area (Å²) in [5.74, 6) is 0.0133. The molecule has 1 radical (unpaired) electrons. The van der Waals surface area contributed by atoms with E-state index in [-0.39, 0.29) is 57.2 Å². The molecular formula is C23H29FKN4O4S. The number of pyridine rings is 1. The number of methoxy groups -OCH3 is 1. The summed E-state index contributed by atoms with van der Waals surface area (Å²) in [6.45, 7) is 4.28. The van der Waals surface area contributed by atoms with Crippen molar-refractivity contribution in [2.75, 3.05) is 32.1 Å². The monoisotopic (exact) mass is 515 g/mol. The Morgan fingerprint density at radius 2 is 1.94 bits per heavy atom. The van der Waals surface area contributed by atoms with Gasteiger partial charge in [-0.2, -0.15) is 0 Å². The number of ether oxygens (including phenoxy) is 1. The molecule has 1 aromatic carbocycles. The number of benzene rings is 1. The number of sulfonamides is 1. The predicted molar refractivity (Wildman–Crippen MR) is 130 cm³/mol. The molecule has 2 amide bonds. The molecule has 34 heavy (non-hydrogen) atoms. The van der Waals surface area contributed by atoms with E-state index < -0.39 is 21.3 Å². The number of piperidine rings is 1. The second-order valence-corrected chi connectivity index (χ2v) is 10.4. The van der Waals surface area contributed by atoms with E-state index in [1.54, 1.807) is 12.1 Å². The number of aromatic nitrogens is 1. The maximum atomic E-state index is 14.8. The molecular weight excluding hydrogens is 486 g/mol. The van der Waals surface area contributed by atoms with E-state index in [2.05, 4.69) is 19.9 Å². The molecule has 0 unspecified atom stereocenters. The maximum Gasteiger partial charge on any atom is 0.332 e. The molecule has 1 aliphatic carbocycles. The first-order valence-corrected chi connectivity index (χ1v) is 12.8. The van der Waals surface area contributed by atoms with Crippen LogP contribution < -0.4 is 14.8 Å². The van der Waals surface area contributed by atoms with Crippen LogP contribution in [-0.4, -0.2) is 108 Å². The number of hydrogen-bond acceptors (Lipinski definition) is 6. The first-order valence-electron chi connectivity index (χ1n) is 11.2. The number of urea groups is 1. The van der Waals surface area contributed by atoms with Crippen LogP contribution in [0.5, 0.6) is 5.88 Å². The van der Waals surface area contributed by atoms with Gasteiger partial charge in [0.1, 0.15) is 5.82 Å². The normalized spacial score (nSPS) is 16.4. The minimum Gasteiger partial charge on any atom is -0.481 e. The van der Waals surface area contributed by atoms with Gasteiger partial charge in [0, 0.05) is 69.2 Å². The average molecular weight is 516 g/mol. The van der Waals surface area contributed by atoms with Gasteiger partial charge in [-0.05, 0) is 80.6 Å². The minimum atomic E-state index is -3.84. The molecule has 0 saturated carbocycles. The van der Waals surface area contributed by atoms with Crippen LogP contribution in [-0.2, 0) is 22.9 Å². The molecule has 1 aliphatic heterocycles. The number of carbonyl (C=O) groups is 1. The fourth-order valence-electron chi connectivity index (χ4n) is 4.68. The van der Waals surface area contributed by atoms with Gasteiger partial charge in [-0.3, -0.25) is 0 Å². The number of rotatable bonds is 6. The molecule has 2 N–H and O–H groups in total. The van der Waals surface area contributed by atoms with Crippen LogP contribution in [0.1, 0.15) is 37.3 Å². The van der Waals surface area contributed by atoms with Gasteiger partial charge in [-0.15, -0.1) is 0 Å². The Bertz CT molecular complexity index is 1150. The number of anilines is 1. The third-order valence-electron chi connectivity index (χ3n) is 6.50. The number of amides is 2. The first kappa shape index (κ1) is 27.5. The zero-order chi connectivity index (χ0) is 23.6. The summed E-state index contributed by atoms with van der Waals surface area (Å²) >= 11 is 0. The summed E-state index contributed by atoms with van der Waals surface area (Å²) in [7, 11) is -2.35. The van der Waals surface area contributed by atoms with E-state index in [9.17, 15) is 17.6 Å². The van der Waals surface area contributed by atoms with Crippen LogP contribution in [0.2, 0.25) is 0 Å². The van der Waals surface area contributed by atoms with Gasteiger partial charge in [-0.1, -0.05) is 6.92 Å². The Labute approximate surface area is 242 Å². The van der Waals surface area contributed by atoms with E-state index in [0.29, 0.717) is 72.6 Å². The van der Waals surface area contributed by atoms with Gasteiger partial charge in [0.15, 0.2) is 0 Å². The van der Waals surface area contributed by atoms with Crippen molar-refractivity contribution < 1.29 is 22.3 Å². The molecule has 11 heteroatoms. The van der Waals surface area contributed by atoms with E-state index in [1.807, 2.05) is 6.92 Å². The van der Waals surface area contributed by atoms with E-state index in [4.69, 9.17) is 4.74 Å². The van der Waals surface area contributed by atoms with E-state index in [0.717, 1.165) is 13.0 Å². The topological polar surface area (TPSA) is 101 Å². The average Bonchev–Trinajstić information content (AvgIpc) is 3.31. The van der Waals surface area contributed by atoms with Crippen molar-refractivity contribution in [1.82, 2.24) is 14.6 Å². The number of likely N-dealkylation sites (tertiary alicyclic amines) is 1. The second kappa shape index (κ2) is 11.8. The van der Waals surface area contributed by atoms with Crippen LogP contribution in [0.4, 0.5) is 14.9 Å². The molecule has 2 aliphatic rings. The number of nitrogens with one attached hydrogen (secondary N) is 2. The molecule has 2 heterocycles. The molecule has 1 saturated heterocycles. The summed E-state index contributed by atoms with van der Waals surface area (Å²) in [6, 6.07) is 3.89. The van der Waals surface area contributed by atoms with Crippen LogP contribution in [0.15, 0.2) is 24.4 Å². The Morgan fingerprint density at radius 1 is 1.24 bits per heavy atom. The van der Waals surface area contributed by atoms with Crippen molar-refractivity contribution in [3.05, 3.63) is 41.3 Å². The number of hydrogen-bond donors (Lipinski definition) is 2. The SMILES string of the molecule is CCN1CCC(S(=O)(=O)NC(=O)Nc2c(-c3ccnc(OC)c3)cc(F)c3c2CCC3)CC1.[K]. The van der Waals surface area contributed by atoms with Gasteiger partial charge in [0.2, 0.25) is 15.9 Å². The summed E-state index contributed by atoms with van der Waals surface area (Å²) in [5.41, 5.74) is 2.75. The van der Waals surface area contributed by atoms with Crippen molar-refractivity contribution in [2.24, 2.45) is 0 Å². The van der Waals surface area contributed by atoms with Crippen molar-refractivity contribution in [3.63, 3.8) is 0 Å². The molecule has 0 spiro atoms. The van der Waals surface area contributed by atoms with Crippen molar-refractivity contribution in [2.45, 2.75) is 44.3 Å². The fourth-order valence-corrected chi connectivity index (χ4v) is 5.99. The summed E-state index contributed by atoms with van der Waals surface area (Å²) < 4.78 is 47.9. The smallest absolute Gasteiger partial charge is 0.332 e. The van der Waals surface area contributed by atoms with Crippen molar-refractivity contribution >= 4 is 73.1 Å². The van der Waals surface area contributed by atoms with Gasteiger partial charge in [-0.25, -0.2) is 27.3 Å². The van der Waals surface area contributed by atoms with Crippen LogP contribution >= 0.6 is 0 Å². The molecule has 2 aromatic rings. The zero-order valence-electron chi connectivity index (χ0n) is 19.9. The molecule has 179 valence electrons. The second-order valence-electron chi connectivity index (χ2n) is 8.41. The number of fused-ring (bicyclic) bond motifs is 1. The molecule has 0 atom stereocenters. The largest absolute Gasteiger partial charge is 0.481 e. The van der Waals surface area contributed by atoms with Gasteiger partial charge >= 0.3 is 6.03 Å². The van der Waals surface area contributed by atoms with Gasteiger partial charge in [0.25, 0.3) is 0 Å². The van der Waals surface area contributed by atoms with E-state index >= 15 is 0 Å².